The highest BCUT2D eigenvalue weighted by Crippen LogP contribution is 2.10. The molecule has 0 aromatic carbocycles. The van der Waals surface area contributed by atoms with Crippen molar-refractivity contribution in [2.45, 2.75) is 97.9 Å². The molecule has 0 aliphatic carbocycles. The molecule has 0 saturated heterocycles. The molecule has 6 nitrogen and oxygen atoms in total. The Hall–Kier alpha value is -0.920. The predicted molar refractivity (Wildman–Crippen MR) is 108 cm³/mol. The molecule has 0 N–H and O–H groups in total. The van der Waals surface area contributed by atoms with Crippen LogP contribution in [0, 0.1) is 6.92 Å². The van der Waals surface area contributed by atoms with Gasteiger partial charge in [0, 0.05) is 6.92 Å². The predicted octanol–water partition coefficient (Wildman–Crippen LogP) is 4.42. The number of nitrogens with zero attached hydrogens (tertiary/aromatic N) is 2. The van der Waals surface area contributed by atoms with E-state index in [-0.39, 0.29) is 6.61 Å². The maximum absolute atomic E-state index is 10.1. The standard InChI is InChI=1S/C12H26O4S.C8H15N2/c1-2-3-4-5-6-7-8-9-10-11-12-16-17(13,14)15;1-4-5-10-7-6-9(3)8(10)2/h2-12H2,1H3,(H,13,14,15);6-7H,4-5H2,1-3H3/q;+1/p-1. The first kappa shape index (κ1) is 26.1. The van der Waals surface area contributed by atoms with Crippen molar-refractivity contribution in [3.05, 3.63) is 18.2 Å². The van der Waals surface area contributed by atoms with E-state index < -0.39 is 10.4 Å². The van der Waals surface area contributed by atoms with E-state index in [4.69, 9.17) is 0 Å². The van der Waals surface area contributed by atoms with Gasteiger partial charge < -0.3 is 4.55 Å². The quantitative estimate of drug-likeness (QED) is 0.199. The number of hydrogen-bond donors (Lipinski definition) is 0. The molecule has 0 amide bonds. The summed E-state index contributed by atoms with van der Waals surface area (Å²) < 4.78 is 38.9. The Kier molecular flexibility index (Phi) is 15.5. The number of rotatable bonds is 14. The summed E-state index contributed by atoms with van der Waals surface area (Å²) in [5.41, 5.74) is 0. The van der Waals surface area contributed by atoms with Gasteiger partial charge in [-0.25, -0.2) is 17.6 Å². The summed E-state index contributed by atoms with van der Waals surface area (Å²) in [6.07, 6.45) is 17.1. The van der Waals surface area contributed by atoms with Gasteiger partial charge in [0.25, 0.3) is 5.82 Å². The first-order chi connectivity index (χ1) is 12.8. The van der Waals surface area contributed by atoms with Crippen LogP contribution in [0.4, 0.5) is 0 Å². The third kappa shape index (κ3) is 15.8. The lowest BCUT2D eigenvalue weighted by molar-refractivity contribution is -0.677. The summed E-state index contributed by atoms with van der Waals surface area (Å²) in [5.74, 6) is 1.32. The molecule has 27 heavy (non-hydrogen) atoms. The molecule has 160 valence electrons. The fourth-order valence-corrected chi connectivity index (χ4v) is 3.15. The van der Waals surface area contributed by atoms with Crippen LogP contribution >= 0.6 is 0 Å². The van der Waals surface area contributed by atoms with Crippen LogP contribution in [0.15, 0.2) is 12.4 Å². The summed E-state index contributed by atoms with van der Waals surface area (Å²) in [5, 5.41) is 0. The highest BCUT2D eigenvalue weighted by molar-refractivity contribution is 7.80. The molecule has 0 aliphatic rings. The lowest BCUT2D eigenvalue weighted by Gasteiger charge is -2.06. The number of imidazole rings is 1. The summed E-state index contributed by atoms with van der Waals surface area (Å²) in [6, 6.07) is 0. The van der Waals surface area contributed by atoms with Crippen molar-refractivity contribution < 1.29 is 21.7 Å². The van der Waals surface area contributed by atoms with Gasteiger partial charge in [0.15, 0.2) is 0 Å². The number of unbranched alkanes of at least 4 members (excludes halogenated alkanes) is 9. The largest absolute Gasteiger partial charge is 0.726 e. The summed E-state index contributed by atoms with van der Waals surface area (Å²) in [7, 11) is -2.41. The van der Waals surface area contributed by atoms with Gasteiger partial charge in [-0.15, -0.1) is 0 Å². The summed E-state index contributed by atoms with van der Waals surface area (Å²) in [4.78, 5) is 0. The van der Waals surface area contributed by atoms with Crippen LogP contribution in [0.5, 0.6) is 0 Å². The topological polar surface area (TPSA) is 75.2 Å². The summed E-state index contributed by atoms with van der Waals surface area (Å²) in [6.45, 7) is 7.70. The van der Waals surface area contributed by atoms with Gasteiger partial charge in [0.1, 0.15) is 12.4 Å². The monoisotopic (exact) mass is 404 g/mol. The molecule has 1 rings (SSSR count). The van der Waals surface area contributed by atoms with Crippen molar-refractivity contribution in [3.8, 4) is 0 Å². The van der Waals surface area contributed by atoms with Crippen molar-refractivity contribution in [1.29, 1.82) is 0 Å². The minimum absolute atomic E-state index is 0.0301. The lowest BCUT2D eigenvalue weighted by Crippen LogP contribution is -2.29. The van der Waals surface area contributed by atoms with Crippen LogP contribution in [-0.4, -0.2) is 24.1 Å². The lowest BCUT2D eigenvalue weighted by atomic mass is 10.1. The van der Waals surface area contributed by atoms with Crippen molar-refractivity contribution in [1.82, 2.24) is 4.57 Å². The first-order valence-corrected chi connectivity index (χ1v) is 11.8. The SMILES string of the molecule is CCCCCCCCCCCCOS(=O)(=O)[O-].CCCn1cc[n+](C)c1C. The maximum atomic E-state index is 10.1. The molecule has 1 aromatic rings. The maximum Gasteiger partial charge on any atom is 0.253 e. The van der Waals surface area contributed by atoms with E-state index in [1.54, 1.807) is 0 Å². The van der Waals surface area contributed by atoms with E-state index in [2.05, 4.69) is 53.5 Å². The molecule has 1 heterocycles. The average molecular weight is 405 g/mol. The summed E-state index contributed by atoms with van der Waals surface area (Å²) >= 11 is 0. The Labute approximate surface area is 166 Å². The van der Waals surface area contributed by atoms with Crippen LogP contribution in [0.25, 0.3) is 0 Å². The van der Waals surface area contributed by atoms with E-state index in [1.807, 2.05) is 0 Å². The normalized spacial score (nSPS) is 11.3. The fraction of sp³-hybridized carbons (Fsp3) is 0.850. The molecule has 0 atom stereocenters. The van der Waals surface area contributed by atoms with Gasteiger partial charge >= 0.3 is 0 Å². The zero-order valence-electron chi connectivity index (χ0n) is 17.8. The molecular weight excluding hydrogens is 364 g/mol. The molecule has 0 bridgehead atoms. The van der Waals surface area contributed by atoms with Crippen LogP contribution in [0.2, 0.25) is 0 Å². The van der Waals surface area contributed by atoms with Crippen molar-refractivity contribution in [2.75, 3.05) is 6.61 Å². The van der Waals surface area contributed by atoms with E-state index >= 15 is 0 Å². The Bertz CT molecular complexity index is 571. The zero-order chi connectivity index (χ0) is 20.5. The molecular formula is C20H40N2O4S. The van der Waals surface area contributed by atoms with E-state index in [9.17, 15) is 13.0 Å². The third-order valence-corrected chi connectivity index (χ3v) is 5.04. The molecule has 0 saturated carbocycles. The van der Waals surface area contributed by atoms with Crippen LogP contribution < -0.4 is 4.57 Å². The molecule has 0 unspecified atom stereocenters. The minimum atomic E-state index is -4.48. The molecule has 1 aromatic heterocycles. The zero-order valence-corrected chi connectivity index (χ0v) is 18.6. The van der Waals surface area contributed by atoms with E-state index in [0.29, 0.717) is 6.42 Å². The van der Waals surface area contributed by atoms with Crippen LogP contribution in [0.3, 0.4) is 0 Å². The molecule has 0 spiro atoms. The van der Waals surface area contributed by atoms with Crippen LogP contribution in [-0.2, 0) is 28.2 Å². The van der Waals surface area contributed by atoms with E-state index in [0.717, 1.165) is 19.4 Å². The Morgan fingerprint density at radius 1 is 0.963 bits per heavy atom. The second kappa shape index (κ2) is 16.1. The van der Waals surface area contributed by atoms with Crippen LogP contribution in [0.1, 0.15) is 90.3 Å². The second-order valence-corrected chi connectivity index (χ2v) is 8.11. The van der Waals surface area contributed by atoms with Gasteiger partial charge in [0.2, 0.25) is 10.4 Å². The van der Waals surface area contributed by atoms with Crippen molar-refractivity contribution in [3.63, 3.8) is 0 Å². The second-order valence-electron chi connectivity index (χ2n) is 7.06. The van der Waals surface area contributed by atoms with Gasteiger partial charge in [-0.3, -0.25) is 4.18 Å². The van der Waals surface area contributed by atoms with Crippen molar-refractivity contribution >= 4 is 10.4 Å². The van der Waals surface area contributed by atoms with Crippen molar-refractivity contribution in [2.24, 2.45) is 7.05 Å². The van der Waals surface area contributed by atoms with Gasteiger partial charge in [-0.1, -0.05) is 71.6 Å². The Morgan fingerprint density at radius 3 is 1.89 bits per heavy atom. The smallest absolute Gasteiger partial charge is 0.253 e. The molecule has 0 fully saturated rings. The Balaban J connectivity index is 0.000000569. The van der Waals surface area contributed by atoms with E-state index in [1.165, 1.54) is 57.2 Å². The molecule has 0 radical (unpaired) electrons. The Morgan fingerprint density at radius 2 is 1.48 bits per heavy atom. The number of hydrogen-bond acceptors (Lipinski definition) is 4. The first-order valence-electron chi connectivity index (χ1n) is 10.4. The molecule has 7 heteroatoms. The fourth-order valence-electron chi connectivity index (χ4n) is 2.83. The number of aryl methyl sites for hydroxylation is 2. The molecule has 0 aliphatic heterocycles. The van der Waals surface area contributed by atoms with Gasteiger partial charge in [-0.05, 0) is 12.8 Å². The number of aromatic nitrogens is 2. The van der Waals surface area contributed by atoms with Gasteiger partial charge in [0.05, 0.1) is 20.2 Å². The average Bonchev–Trinajstić information content (AvgIpc) is 2.92. The van der Waals surface area contributed by atoms with Gasteiger partial charge in [-0.2, -0.15) is 0 Å². The minimum Gasteiger partial charge on any atom is -0.726 e. The highest BCUT2D eigenvalue weighted by atomic mass is 32.3. The third-order valence-electron chi connectivity index (χ3n) is 4.59. The highest BCUT2D eigenvalue weighted by Gasteiger charge is 2.05.